The molecular weight excluding hydrogens is 246 g/mol. The van der Waals surface area contributed by atoms with E-state index in [0.29, 0.717) is 13.2 Å². The van der Waals surface area contributed by atoms with Crippen LogP contribution in [0.1, 0.15) is 19.4 Å². The summed E-state index contributed by atoms with van der Waals surface area (Å²) in [5, 5.41) is 3.29. The molecule has 0 radical (unpaired) electrons. The minimum absolute atomic E-state index is 0.637. The lowest BCUT2D eigenvalue weighted by Gasteiger charge is -2.21. The molecule has 1 heterocycles. The molecule has 0 saturated heterocycles. The number of hydrogen-bond acceptors (Lipinski definition) is 3. The standard InChI is InChI=1S/C11H15N3OS.C2H6/c1-8-4-3-5-9-10(8)13-11(14-16-9)12-6-7-15-2;1-2/h3-5H,6-7H2,1-2H3,(H2,12,13,14);1-2H3. The first-order chi connectivity index (χ1) is 8.81. The SMILES string of the molecule is CC.COCCN=C1NSc2cccc(C)c2N1. The Morgan fingerprint density at radius 1 is 1.33 bits per heavy atom. The number of nitrogens with zero attached hydrogens (tertiary/aromatic N) is 1. The first-order valence-electron chi connectivity index (χ1n) is 6.14. The molecule has 0 atom stereocenters. The Labute approximate surface area is 113 Å². The van der Waals surface area contributed by atoms with Gasteiger partial charge in [-0.05, 0) is 30.5 Å². The third-order valence-corrected chi connectivity index (χ3v) is 3.16. The molecule has 100 valence electrons. The van der Waals surface area contributed by atoms with Crippen LogP contribution in [0.15, 0.2) is 28.1 Å². The van der Waals surface area contributed by atoms with E-state index in [-0.39, 0.29) is 0 Å². The van der Waals surface area contributed by atoms with Gasteiger partial charge in [-0.1, -0.05) is 26.0 Å². The molecule has 0 aromatic heterocycles. The van der Waals surface area contributed by atoms with Crippen molar-refractivity contribution in [3.8, 4) is 0 Å². The number of para-hydroxylation sites is 1. The lowest BCUT2D eigenvalue weighted by atomic mass is 10.2. The maximum absolute atomic E-state index is 4.96. The topological polar surface area (TPSA) is 45.6 Å². The highest BCUT2D eigenvalue weighted by Gasteiger charge is 2.14. The highest BCUT2D eigenvalue weighted by atomic mass is 32.2. The average molecular weight is 267 g/mol. The van der Waals surface area contributed by atoms with E-state index in [1.807, 2.05) is 13.8 Å². The first kappa shape index (κ1) is 14.9. The van der Waals surface area contributed by atoms with E-state index >= 15 is 0 Å². The smallest absolute Gasteiger partial charge is 0.206 e. The Bertz CT molecular complexity index is 407. The van der Waals surface area contributed by atoms with E-state index in [2.05, 4.69) is 40.2 Å². The number of aryl methyl sites for hydroxylation is 1. The van der Waals surface area contributed by atoms with Crippen molar-refractivity contribution in [2.45, 2.75) is 25.7 Å². The van der Waals surface area contributed by atoms with Gasteiger partial charge in [-0.25, -0.2) is 4.99 Å². The number of guanidine groups is 1. The molecular formula is C13H21N3OS. The predicted octanol–water partition coefficient (Wildman–Crippen LogP) is 3.05. The zero-order chi connectivity index (χ0) is 13.4. The number of methoxy groups -OCH3 is 1. The van der Waals surface area contributed by atoms with Crippen molar-refractivity contribution >= 4 is 23.6 Å². The molecule has 0 saturated carbocycles. The van der Waals surface area contributed by atoms with E-state index in [1.165, 1.54) is 10.5 Å². The molecule has 0 amide bonds. The third kappa shape index (κ3) is 3.92. The van der Waals surface area contributed by atoms with Crippen molar-refractivity contribution in [1.29, 1.82) is 0 Å². The van der Waals surface area contributed by atoms with Crippen molar-refractivity contribution in [1.82, 2.24) is 4.72 Å². The number of nitrogens with one attached hydrogen (secondary N) is 2. The van der Waals surface area contributed by atoms with Gasteiger partial charge in [0.05, 0.1) is 23.7 Å². The highest BCUT2D eigenvalue weighted by molar-refractivity contribution is 7.98. The van der Waals surface area contributed by atoms with Gasteiger partial charge >= 0.3 is 0 Å². The average Bonchev–Trinajstić information content (AvgIpc) is 2.42. The quantitative estimate of drug-likeness (QED) is 0.652. The molecule has 0 spiro atoms. The fourth-order valence-electron chi connectivity index (χ4n) is 1.45. The zero-order valence-corrected chi connectivity index (χ0v) is 12.2. The lowest BCUT2D eigenvalue weighted by molar-refractivity contribution is 0.208. The summed E-state index contributed by atoms with van der Waals surface area (Å²) >= 11 is 1.58. The van der Waals surface area contributed by atoms with Gasteiger partial charge in [0.15, 0.2) is 0 Å². The number of benzene rings is 1. The van der Waals surface area contributed by atoms with E-state index in [1.54, 1.807) is 19.1 Å². The van der Waals surface area contributed by atoms with Gasteiger partial charge in [0.1, 0.15) is 0 Å². The maximum Gasteiger partial charge on any atom is 0.206 e. The second-order valence-corrected chi connectivity index (χ2v) is 4.35. The van der Waals surface area contributed by atoms with Crippen molar-refractivity contribution in [2.24, 2.45) is 4.99 Å². The number of ether oxygens (including phenoxy) is 1. The molecule has 1 aliphatic rings. The summed E-state index contributed by atoms with van der Waals surface area (Å²) in [5.74, 6) is 0.795. The van der Waals surface area contributed by atoms with Crippen LogP contribution in [0.4, 0.5) is 5.69 Å². The summed E-state index contributed by atoms with van der Waals surface area (Å²) in [7, 11) is 1.68. The zero-order valence-electron chi connectivity index (χ0n) is 11.4. The van der Waals surface area contributed by atoms with Gasteiger partial charge in [-0.15, -0.1) is 0 Å². The van der Waals surface area contributed by atoms with Crippen LogP contribution in [0.25, 0.3) is 0 Å². The second kappa shape index (κ2) is 8.00. The molecule has 2 rings (SSSR count). The van der Waals surface area contributed by atoms with Crippen molar-refractivity contribution < 1.29 is 4.74 Å². The molecule has 1 aromatic carbocycles. The second-order valence-electron chi connectivity index (χ2n) is 3.50. The molecule has 0 unspecified atom stereocenters. The minimum Gasteiger partial charge on any atom is -0.383 e. The Kier molecular flexibility index (Phi) is 6.60. The number of hydrogen-bond donors (Lipinski definition) is 2. The Morgan fingerprint density at radius 3 is 2.83 bits per heavy atom. The Morgan fingerprint density at radius 2 is 2.11 bits per heavy atom. The van der Waals surface area contributed by atoms with E-state index in [0.717, 1.165) is 11.6 Å². The summed E-state index contributed by atoms with van der Waals surface area (Å²) < 4.78 is 8.12. The molecule has 5 heteroatoms. The molecule has 0 aliphatic carbocycles. The molecule has 0 bridgehead atoms. The van der Waals surface area contributed by atoms with E-state index in [9.17, 15) is 0 Å². The van der Waals surface area contributed by atoms with Gasteiger partial charge in [0.25, 0.3) is 0 Å². The van der Waals surface area contributed by atoms with Gasteiger partial charge in [0, 0.05) is 7.11 Å². The molecule has 1 aromatic rings. The molecule has 4 nitrogen and oxygen atoms in total. The van der Waals surface area contributed by atoms with Crippen LogP contribution in [0.2, 0.25) is 0 Å². The molecule has 2 N–H and O–H groups in total. The molecule has 18 heavy (non-hydrogen) atoms. The van der Waals surface area contributed by atoms with Crippen molar-refractivity contribution in [3.05, 3.63) is 23.8 Å². The van der Waals surface area contributed by atoms with Crippen LogP contribution in [0, 0.1) is 6.92 Å². The molecule has 1 aliphatic heterocycles. The van der Waals surface area contributed by atoms with Gasteiger partial charge in [0.2, 0.25) is 5.96 Å². The summed E-state index contributed by atoms with van der Waals surface area (Å²) in [6.45, 7) is 7.39. The van der Waals surface area contributed by atoms with Crippen LogP contribution >= 0.6 is 11.9 Å². The van der Waals surface area contributed by atoms with Crippen LogP contribution in [0.5, 0.6) is 0 Å². The van der Waals surface area contributed by atoms with Crippen LogP contribution < -0.4 is 10.0 Å². The van der Waals surface area contributed by atoms with Crippen molar-refractivity contribution in [3.63, 3.8) is 0 Å². The number of anilines is 1. The Balaban J connectivity index is 0.000000771. The summed E-state index contributed by atoms with van der Waals surface area (Å²) in [6.07, 6.45) is 0. The third-order valence-electron chi connectivity index (χ3n) is 2.30. The fourth-order valence-corrected chi connectivity index (χ4v) is 2.24. The van der Waals surface area contributed by atoms with E-state index in [4.69, 9.17) is 4.74 Å². The summed E-state index contributed by atoms with van der Waals surface area (Å²) in [6, 6.07) is 6.22. The number of aliphatic imine (C=N–C) groups is 1. The van der Waals surface area contributed by atoms with Gasteiger partial charge in [-0.3, -0.25) is 4.72 Å². The minimum atomic E-state index is 0.637. The summed E-state index contributed by atoms with van der Waals surface area (Å²) in [5.41, 5.74) is 2.37. The maximum atomic E-state index is 4.96. The largest absolute Gasteiger partial charge is 0.383 e. The van der Waals surface area contributed by atoms with Crippen LogP contribution in [-0.4, -0.2) is 26.2 Å². The number of fused-ring (bicyclic) bond motifs is 1. The lowest BCUT2D eigenvalue weighted by Crippen LogP contribution is -2.30. The monoisotopic (exact) mass is 267 g/mol. The normalized spacial score (nSPS) is 15.0. The first-order valence-corrected chi connectivity index (χ1v) is 6.96. The van der Waals surface area contributed by atoms with Crippen molar-refractivity contribution in [2.75, 3.05) is 25.6 Å². The summed E-state index contributed by atoms with van der Waals surface area (Å²) in [4.78, 5) is 5.56. The highest BCUT2D eigenvalue weighted by Crippen LogP contribution is 2.31. The predicted molar refractivity (Wildman–Crippen MR) is 79.3 cm³/mol. The van der Waals surface area contributed by atoms with Crippen LogP contribution in [-0.2, 0) is 4.74 Å². The van der Waals surface area contributed by atoms with Crippen LogP contribution in [0.3, 0.4) is 0 Å². The van der Waals surface area contributed by atoms with Gasteiger partial charge in [-0.2, -0.15) is 0 Å². The Hall–Kier alpha value is -1.20. The number of rotatable bonds is 3. The molecule has 0 fully saturated rings. The fraction of sp³-hybridized carbons (Fsp3) is 0.462. The van der Waals surface area contributed by atoms with E-state index < -0.39 is 0 Å². The van der Waals surface area contributed by atoms with Gasteiger partial charge < -0.3 is 10.1 Å².